The molecule has 2 N–H and O–H groups in total. The number of carbonyl (C=O) groups excluding carboxylic acids is 1. The van der Waals surface area contributed by atoms with Crippen molar-refractivity contribution in [2.75, 3.05) is 71.7 Å². The number of halogens is 1. The number of sulfonamides is 1. The van der Waals surface area contributed by atoms with Crippen LogP contribution in [-0.4, -0.2) is 107 Å². The zero-order valence-electron chi connectivity index (χ0n) is 18.0. The normalized spacial score (nSPS) is 21.3. The zero-order chi connectivity index (χ0) is 20.7. The van der Waals surface area contributed by atoms with Crippen molar-refractivity contribution in [3.05, 3.63) is 0 Å². The highest BCUT2D eigenvalue weighted by molar-refractivity contribution is 14.0. The number of likely N-dealkylation sites (tertiary alicyclic amines) is 1. The number of piperazine rings is 1. The van der Waals surface area contributed by atoms with Crippen molar-refractivity contribution in [3.8, 4) is 0 Å². The van der Waals surface area contributed by atoms with Crippen LogP contribution in [0.5, 0.6) is 0 Å². The Balaban J connectivity index is 0.00000320. The summed E-state index contributed by atoms with van der Waals surface area (Å²) in [5.74, 6) is 1.52. The molecule has 11 heteroatoms. The van der Waals surface area contributed by atoms with Gasteiger partial charge in [0.05, 0.1) is 12.3 Å². The van der Waals surface area contributed by atoms with Crippen molar-refractivity contribution in [1.82, 2.24) is 24.7 Å². The average molecular weight is 557 g/mol. The van der Waals surface area contributed by atoms with E-state index in [-0.39, 0.29) is 35.6 Å². The van der Waals surface area contributed by atoms with Gasteiger partial charge in [-0.05, 0) is 31.6 Å². The fourth-order valence-electron chi connectivity index (χ4n) is 4.02. The van der Waals surface area contributed by atoms with E-state index in [4.69, 9.17) is 0 Å². The minimum atomic E-state index is -3.25. The summed E-state index contributed by atoms with van der Waals surface area (Å²) in [6.45, 7) is 6.35. The predicted molar refractivity (Wildman–Crippen MR) is 130 cm³/mol. The van der Waals surface area contributed by atoms with Crippen molar-refractivity contribution >= 4 is 45.9 Å². The Labute approximate surface area is 198 Å². The van der Waals surface area contributed by atoms with Crippen LogP contribution in [-0.2, 0) is 14.8 Å². The van der Waals surface area contributed by atoms with E-state index in [9.17, 15) is 13.2 Å². The summed E-state index contributed by atoms with van der Waals surface area (Å²) in [5.41, 5.74) is 0. The van der Waals surface area contributed by atoms with Gasteiger partial charge in [-0.25, -0.2) is 13.1 Å². The molecular formula is C19H37IN6O3S. The summed E-state index contributed by atoms with van der Waals surface area (Å²) in [6.07, 6.45) is 5.71. The molecule has 174 valence electrons. The molecule has 0 radical (unpaired) electrons. The maximum atomic E-state index is 12.3. The molecule has 1 amide bonds. The number of nitrogens with one attached hydrogen (secondary N) is 2. The van der Waals surface area contributed by atoms with Crippen LogP contribution < -0.4 is 10.0 Å². The largest absolute Gasteiger partial charge is 0.355 e. The maximum absolute atomic E-state index is 12.3. The highest BCUT2D eigenvalue weighted by Crippen LogP contribution is 2.25. The first-order chi connectivity index (χ1) is 14.0. The highest BCUT2D eigenvalue weighted by Gasteiger charge is 2.25. The van der Waals surface area contributed by atoms with Gasteiger partial charge >= 0.3 is 0 Å². The van der Waals surface area contributed by atoms with Crippen LogP contribution >= 0.6 is 24.0 Å². The van der Waals surface area contributed by atoms with Crippen molar-refractivity contribution < 1.29 is 13.2 Å². The third-order valence-corrected chi connectivity index (χ3v) is 7.52. The Morgan fingerprint density at radius 2 is 1.67 bits per heavy atom. The number of hydrogen-bond acceptors (Lipinski definition) is 5. The molecule has 1 saturated carbocycles. The van der Waals surface area contributed by atoms with E-state index in [0.29, 0.717) is 25.6 Å². The van der Waals surface area contributed by atoms with E-state index in [1.807, 2.05) is 4.90 Å². The lowest BCUT2D eigenvalue weighted by atomic mass is 9.86. The number of aliphatic imine (C=N–C) groups is 1. The van der Waals surface area contributed by atoms with Gasteiger partial charge in [0.2, 0.25) is 15.9 Å². The smallest absolute Gasteiger partial charge is 0.236 e. The summed E-state index contributed by atoms with van der Waals surface area (Å²) in [5, 5.41) is 3.17. The molecule has 2 saturated heterocycles. The molecule has 30 heavy (non-hydrogen) atoms. The van der Waals surface area contributed by atoms with E-state index >= 15 is 0 Å². The van der Waals surface area contributed by atoms with Crippen LogP contribution in [0.3, 0.4) is 0 Å². The minimum absolute atomic E-state index is 0. The van der Waals surface area contributed by atoms with Gasteiger partial charge in [-0.15, -0.1) is 24.0 Å². The molecule has 0 atom stereocenters. The molecule has 0 unspecified atom stereocenters. The van der Waals surface area contributed by atoms with Crippen LogP contribution in [0.4, 0.5) is 0 Å². The summed E-state index contributed by atoms with van der Waals surface area (Å²) in [7, 11) is -1.54. The fraction of sp³-hybridized carbons (Fsp3) is 0.895. The lowest BCUT2D eigenvalue weighted by Gasteiger charge is -2.36. The second-order valence-electron chi connectivity index (χ2n) is 8.29. The molecule has 3 aliphatic rings. The third kappa shape index (κ3) is 7.79. The number of rotatable bonds is 8. The molecular weight excluding hydrogens is 519 g/mol. The standard InChI is InChI=1S/C19H36N6O3S.HI/c1-20-19(21-7-14-29(27,28)22-15-17-5-4-6-17)25-12-10-23(11-13-25)16-18(26)24-8-2-3-9-24;/h17,22H,2-16H2,1H3,(H,20,21);1H. The summed E-state index contributed by atoms with van der Waals surface area (Å²) in [4.78, 5) is 22.9. The van der Waals surface area contributed by atoms with Gasteiger partial charge < -0.3 is 15.1 Å². The molecule has 0 spiro atoms. The van der Waals surface area contributed by atoms with Gasteiger partial charge in [-0.2, -0.15) is 0 Å². The molecule has 2 heterocycles. The molecule has 9 nitrogen and oxygen atoms in total. The van der Waals surface area contributed by atoms with Gasteiger partial charge in [0.1, 0.15) is 0 Å². The number of amides is 1. The average Bonchev–Trinajstić information content (AvgIpc) is 3.20. The topological polar surface area (TPSA) is 97.3 Å². The molecule has 3 rings (SSSR count). The number of guanidine groups is 1. The molecule has 1 aliphatic carbocycles. The van der Waals surface area contributed by atoms with Gasteiger partial charge in [0.15, 0.2) is 5.96 Å². The first-order valence-electron chi connectivity index (χ1n) is 10.9. The summed E-state index contributed by atoms with van der Waals surface area (Å²) >= 11 is 0. The van der Waals surface area contributed by atoms with Crippen LogP contribution in [0, 0.1) is 5.92 Å². The Kier molecular flexibility index (Phi) is 10.6. The van der Waals surface area contributed by atoms with E-state index in [1.165, 1.54) is 6.42 Å². The van der Waals surface area contributed by atoms with Gasteiger partial charge in [0.25, 0.3) is 0 Å². The zero-order valence-corrected chi connectivity index (χ0v) is 21.2. The number of nitrogens with zero attached hydrogens (tertiary/aromatic N) is 4. The predicted octanol–water partition coefficient (Wildman–Crippen LogP) is 0.139. The molecule has 0 aromatic carbocycles. The SMILES string of the molecule is CN=C(NCCS(=O)(=O)NCC1CCC1)N1CCN(CC(=O)N2CCCC2)CC1.I. The van der Waals surface area contributed by atoms with Crippen LogP contribution in [0.2, 0.25) is 0 Å². The lowest BCUT2D eigenvalue weighted by molar-refractivity contribution is -0.131. The Morgan fingerprint density at radius 1 is 1.00 bits per heavy atom. The van der Waals surface area contributed by atoms with Crippen LogP contribution in [0.15, 0.2) is 4.99 Å². The molecule has 0 aromatic heterocycles. The van der Waals surface area contributed by atoms with E-state index in [1.54, 1.807) is 7.05 Å². The fourth-order valence-corrected chi connectivity index (χ4v) is 5.02. The number of carbonyl (C=O) groups is 1. The molecule has 3 fully saturated rings. The number of hydrogen-bond donors (Lipinski definition) is 2. The third-order valence-electron chi connectivity index (χ3n) is 6.17. The van der Waals surface area contributed by atoms with Crippen molar-refractivity contribution in [2.45, 2.75) is 32.1 Å². The lowest BCUT2D eigenvalue weighted by Crippen LogP contribution is -2.54. The van der Waals surface area contributed by atoms with Gasteiger partial charge in [0, 0.05) is 59.4 Å². The Bertz CT molecular complexity index is 672. The Morgan fingerprint density at radius 3 is 2.23 bits per heavy atom. The monoisotopic (exact) mass is 556 g/mol. The highest BCUT2D eigenvalue weighted by atomic mass is 127. The van der Waals surface area contributed by atoms with Crippen molar-refractivity contribution in [1.29, 1.82) is 0 Å². The van der Waals surface area contributed by atoms with Crippen molar-refractivity contribution in [3.63, 3.8) is 0 Å². The van der Waals surface area contributed by atoms with Crippen LogP contribution in [0.25, 0.3) is 0 Å². The van der Waals surface area contributed by atoms with Gasteiger partial charge in [-0.1, -0.05) is 6.42 Å². The second kappa shape index (κ2) is 12.4. The first kappa shape index (κ1) is 25.6. The molecule has 0 bridgehead atoms. The van der Waals surface area contributed by atoms with E-state index in [0.717, 1.165) is 70.9 Å². The molecule has 0 aromatic rings. The summed E-state index contributed by atoms with van der Waals surface area (Å²) in [6, 6.07) is 0. The quantitative estimate of drug-likeness (QED) is 0.251. The molecule has 2 aliphatic heterocycles. The van der Waals surface area contributed by atoms with Crippen LogP contribution in [0.1, 0.15) is 32.1 Å². The second-order valence-corrected chi connectivity index (χ2v) is 10.2. The Hall–Kier alpha value is -0.660. The first-order valence-corrected chi connectivity index (χ1v) is 12.5. The van der Waals surface area contributed by atoms with E-state index in [2.05, 4.69) is 24.8 Å². The summed E-state index contributed by atoms with van der Waals surface area (Å²) < 4.78 is 27.0. The maximum Gasteiger partial charge on any atom is 0.236 e. The van der Waals surface area contributed by atoms with Gasteiger partial charge in [-0.3, -0.25) is 14.7 Å². The van der Waals surface area contributed by atoms with E-state index < -0.39 is 10.0 Å². The van der Waals surface area contributed by atoms with Crippen molar-refractivity contribution in [2.24, 2.45) is 10.9 Å². The minimum Gasteiger partial charge on any atom is -0.355 e.